The molecule has 0 aliphatic heterocycles. The van der Waals surface area contributed by atoms with Gasteiger partial charge in [0, 0.05) is 11.1 Å². The van der Waals surface area contributed by atoms with E-state index < -0.39 is 36.6 Å². The lowest BCUT2D eigenvalue weighted by Crippen LogP contribution is -2.01. The zero-order valence-electron chi connectivity index (χ0n) is 23.5. The molecule has 0 amide bonds. The Hall–Kier alpha value is -2.36. The zero-order chi connectivity index (χ0) is 26.3. The van der Waals surface area contributed by atoms with E-state index in [4.69, 9.17) is 16.3 Å². The van der Waals surface area contributed by atoms with Gasteiger partial charge in [-0.15, -0.1) is 0 Å². The van der Waals surface area contributed by atoms with Crippen molar-refractivity contribution in [3.8, 4) is 23.0 Å². The fraction of sp³-hybridized carbons (Fsp3) is 0.520. The van der Waals surface area contributed by atoms with Gasteiger partial charge < -0.3 is 19.7 Å². The van der Waals surface area contributed by atoms with E-state index in [9.17, 15) is 10.2 Å². The van der Waals surface area contributed by atoms with Crippen molar-refractivity contribution in [3.05, 3.63) is 46.1 Å². The number of aromatic hydroxyl groups is 2. The van der Waals surface area contributed by atoms with Crippen molar-refractivity contribution in [2.24, 2.45) is 0 Å². The average molecular weight is 408 g/mol. The minimum atomic E-state index is -2.93. The number of hydrogen-bond acceptors (Lipinski definition) is 4. The number of benzene rings is 1. The molecular weight excluding hydrogens is 364 g/mol. The van der Waals surface area contributed by atoms with Crippen molar-refractivity contribution in [1.29, 1.82) is 0 Å². The molecular formula is C25H38O4. The highest BCUT2D eigenvalue weighted by atomic mass is 16.5. The van der Waals surface area contributed by atoms with Crippen molar-refractivity contribution in [2.75, 3.05) is 13.6 Å². The number of methoxy groups -OCH3 is 1. The summed E-state index contributed by atoms with van der Waals surface area (Å²) in [6, 6.07) is 0. The quantitative estimate of drug-likeness (QED) is 0.314. The van der Waals surface area contributed by atoms with Crippen LogP contribution in [0.1, 0.15) is 78.3 Å². The largest absolute Gasteiger partial charge is 0.504 e. The highest BCUT2D eigenvalue weighted by Crippen LogP contribution is 2.48. The third kappa shape index (κ3) is 7.52. The number of ether oxygens (including phenoxy) is 2. The molecule has 0 saturated carbocycles. The Kier molecular flexibility index (Phi) is 7.39. The molecule has 29 heavy (non-hydrogen) atoms. The summed E-state index contributed by atoms with van der Waals surface area (Å²) in [7, 11) is -2.93. The summed E-state index contributed by atoms with van der Waals surface area (Å²) >= 11 is 0. The zero-order valence-corrected chi connectivity index (χ0v) is 18.5. The molecule has 4 heteroatoms. The third-order valence-electron chi connectivity index (χ3n) is 4.81. The maximum atomic E-state index is 10.8. The molecule has 4 nitrogen and oxygen atoms in total. The topological polar surface area (TPSA) is 58.9 Å². The van der Waals surface area contributed by atoms with Gasteiger partial charge in [0.05, 0.1) is 20.5 Å². The predicted octanol–water partition coefficient (Wildman–Crippen LogP) is 6.78. The SMILES string of the molecule is [2H]C([2H])([2H])Oc1c(O)c(C)c(C/C=C(\C)CC/C=C(\C)CCC=C(C)C)c(O)c1OC([2H])([2H])C. The first kappa shape index (κ1) is 17.5. The Morgan fingerprint density at radius 1 is 0.966 bits per heavy atom. The van der Waals surface area contributed by atoms with Gasteiger partial charge in [0.15, 0.2) is 11.5 Å². The van der Waals surface area contributed by atoms with Crippen LogP contribution in [0.2, 0.25) is 0 Å². The number of hydrogen-bond donors (Lipinski definition) is 2. The van der Waals surface area contributed by atoms with E-state index in [2.05, 4.69) is 32.9 Å². The molecule has 0 unspecified atom stereocenters. The molecule has 0 heterocycles. The van der Waals surface area contributed by atoms with E-state index >= 15 is 0 Å². The standard InChI is InChI=1S/C25H38O4/c1-8-29-25-23(27)21(20(6)22(26)24(25)28-7)16-15-19(5)14-10-13-18(4)12-9-11-17(2)3/h11,13,15,26-27H,8-10,12,14,16H2,1-7H3/b18-13+,19-15+/i7D3,8D2. The Balaban J connectivity index is 3.10. The van der Waals surface area contributed by atoms with Crippen LogP contribution >= 0.6 is 0 Å². The van der Waals surface area contributed by atoms with Gasteiger partial charge in [0.2, 0.25) is 11.5 Å². The molecule has 0 fully saturated rings. The van der Waals surface area contributed by atoms with Gasteiger partial charge in [0.25, 0.3) is 0 Å². The molecule has 0 aromatic heterocycles. The normalized spacial score (nSPS) is 15.6. The molecule has 2 N–H and O–H groups in total. The van der Waals surface area contributed by atoms with E-state index in [-0.39, 0.29) is 12.0 Å². The highest BCUT2D eigenvalue weighted by molar-refractivity contribution is 5.66. The Morgan fingerprint density at radius 3 is 2.17 bits per heavy atom. The highest BCUT2D eigenvalue weighted by Gasteiger charge is 2.22. The minimum Gasteiger partial charge on any atom is -0.504 e. The smallest absolute Gasteiger partial charge is 0.207 e. The maximum absolute atomic E-state index is 10.8. The Morgan fingerprint density at radius 2 is 1.59 bits per heavy atom. The van der Waals surface area contributed by atoms with E-state index in [1.165, 1.54) is 18.1 Å². The van der Waals surface area contributed by atoms with E-state index in [0.717, 1.165) is 38.2 Å². The first-order valence-electron chi connectivity index (χ1n) is 12.4. The van der Waals surface area contributed by atoms with Crippen molar-refractivity contribution in [3.63, 3.8) is 0 Å². The van der Waals surface area contributed by atoms with Gasteiger partial charge in [-0.3, -0.25) is 0 Å². The lowest BCUT2D eigenvalue weighted by atomic mass is 9.99. The predicted molar refractivity (Wildman–Crippen MR) is 121 cm³/mol. The second kappa shape index (κ2) is 12.3. The third-order valence-corrected chi connectivity index (χ3v) is 4.81. The van der Waals surface area contributed by atoms with Crippen LogP contribution in [0.25, 0.3) is 0 Å². The van der Waals surface area contributed by atoms with Crippen LogP contribution in [0.5, 0.6) is 23.0 Å². The molecule has 0 radical (unpaired) electrons. The van der Waals surface area contributed by atoms with Crippen LogP contribution in [-0.2, 0) is 6.42 Å². The number of rotatable bonds is 11. The van der Waals surface area contributed by atoms with Crippen molar-refractivity contribution >= 4 is 0 Å². The first-order chi connectivity index (χ1) is 15.5. The maximum Gasteiger partial charge on any atom is 0.207 e. The Bertz CT molecular complexity index is 934. The summed E-state index contributed by atoms with van der Waals surface area (Å²) < 4.78 is 47.3. The van der Waals surface area contributed by atoms with E-state index in [1.54, 1.807) is 0 Å². The van der Waals surface area contributed by atoms with Gasteiger partial charge in [-0.1, -0.05) is 34.9 Å². The number of phenolic OH excluding ortho intramolecular Hbond substituents is 2. The van der Waals surface area contributed by atoms with Crippen LogP contribution in [0, 0.1) is 6.92 Å². The number of allylic oxidation sites excluding steroid dienone is 6. The van der Waals surface area contributed by atoms with E-state index in [1.807, 2.05) is 13.0 Å². The van der Waals surface area contributed by atoms with Crippen LogP contribution in [0.3, 0.4) is 0 Å². The molecule has 0 bridgehead atoms. The molecule has 0 saturated heterocycles. The summed E-state index contributed by atoms with van der Waals surface area (Å²) in [6.07, 6.45) is 10.4. The van der Waals surface area contributed by atoms with Gasteiger partial charge in [-0.25, -0.2) is 0 Å². The van der Waals surface area contributed by atoms with Gasteiger partial charge in [0.1, 0.15) is 0 Å². The monoisotopic (exact) mass is 407 g/mol. The summed E-state index contributed by atoms with van der Waals surface area (Å²) in [6.45, 7) is 8.67. The Labute approximate surface area is 183 Å². The summed E-state index contributed by atoms with van der Waals surface area (Å²) in [4.78, 5) is 0. The first-order valence-corrected chi connectivity index (χ1v) is 9.92. The van der Waals surface area contributed by atoms with Crippen LogP contribution in [0.15, 0.2) is 34.9 Å². The van der Waals surface area contributed by atoms with Gasteiger partial charge >= 0.3 is 0 Å². The van der Waals surface area contributed by atoms with Crippen molar-refractivity contribution in [1.82, 2.24) is 0 Å². The average Bonchev–Trinajstić information content (AvgIpc) is 2.67. The van der Waals surface area contributed by atoms with Crippen LogP contribution in [0.4, 0.5) is 0 Å². The second-order valence-electron chi connectivity index (χ2n) is 7.53. The van der Waals surface area contributed by atoms with E-state index in [0.29, 0.717) is 5.56 Å². The van der Waals surface area contributed by atoms with Crippen molar-refractivity contribution in [2.45, 2.75) is 73.6 Å². The summed E-state index contributed by atoms with van der Waals surface area (Å²) in [5, 5.41) is 21.4. The lowest BCUT2D eigenvalue weighted by Gasteiger charge is -2.18. The molecule has 0 spiro atoms. The fourth-order valence-corrected chi connectivity index (χ4v) is 3.00. The molecule has 1 aromatic rings. The molecule has 0 atom stereocenters. The van der Waals surface area contributed by atoms with Crippen LogP contribution in [-0.4, -0.2) is 23.8 Å². The lowest BCUT2D eigenvalue weighted by molar-refractivity contribution is 0.282. The molecule has 1 rings (SSSR count). The summed E-state index contributed by atoms with van der Waals surface area (Å²) in [5.41, 5.74) is 4.28. The minimum absolute atomic E-state index is 0.236. The van der Waals surface area contributed by atoms with Crippen LogP contribution < -0.4 is 9.47 Å². The molecule has 162 valence electrons. The molecule has 0 aliphatic carbocycles. The van der Waals surface area contributed by atoms with Crippen molar-refractivity contribution < 1.29 is 26.5 Å². The fourth-order valence-electron chi connectivity index (χ4n) is 3.00. The van der Waals surface area contributed by atoms with Gasteiger partial charge in [-0.05, 0) is 73.6 Å². The number of phenols is 2. The summed E-state index contributed by atoms with van der Waals surface area (Å²) in [5.74, 6) is -2.12. The second-order valence-corrected chi connectivity index (χ2v) is 7.53. The molecule has 1 aromatic carbocycles. The van der Waals surface area contributed by atoms with Gasteiger partial charge in [-0.2, -0.15) is 0 Å². The molecule has 0 aliphatic rings.